The highest BCUT2D eigenvalue weighted by molar-refractivity contribution is 7.91. The Morgan fingerprint density at radius 1 is 0.971 bits per heavy atom. The molecule has 0 saturated carbocycles. The molecule has 0 aliphatic carbocycles. The molecule has 4 rings (SSSR count). The quantitative estimate of drug-likeness (QED) is 0.370. The smallest absolute Gasteiger partial charge is 0.228 e. The van der Waals surface area contributed by atoms with Crippen molar-refractivity contribution in [3.63, 3.8) is 0 Å². The molecule has 0 saturated heterocycles. The summed E-state index contributed by atoms with van der Waals surface area (Å²) >= 11 is 0. The maximum Gasteiger partial charge on any atom is 0.228 e. The number of nitrogens with zero attached hydrogens (tertiary/aromatic N) is 2. The number of amides is 1. The molecule has 0 aliphatic heterocycles. The Bertz CT molecular complexity index is 1420. The van der Waals surface area contributed by atoms with Crippen molar-refractivity contribution in [1.82, 2.24) is 9.55 Å². The van der Waals surface area contributed by atoms with E-state index >= 15 is 0 Å². The van der Waals surface area contributed by atoms with Gasteiger partial charge in [-0.25, -0.2) is 13.4 Å². The number of fused-ring (bicyclic) bond motifs is 1. The molecule has 0 unspecified atom stereocenters. The van der Waals surface area contributed by atoms with Gasteiger partial charge in [0.25, 0.3) is 0 Å². The number of carbonyl (C=O) groups is 1. The fraction of sp³-hybridized carbons (Fsp3) is 0.259. The van der Waals surface area contributed by atoms with Gasteiger partial charge in [0.2, 0.25) is 5.91 Å². The second-order valence-corrected chi connectivity index (χ2v) is 10.7. The number of rotatable bonds is 8. The van der Waals surface area contributed by atoms with Gasteiger partial charge in [-0.2, -0.15) is 0 Å². The fourth-order valence-electron chi connectivity index (χ4n) is 3.98. The summed E-state index contributed by atoms with van der Waals surface area (Å²) in [5.41, 5.74) is 5.76. The van der Waals surface area contributed by atoms with Gasteiger partial charge in [-0.05, 0) is 73.0 Å². The first-order chi connectivity index (χ1) is 16.3. The first-order valence-corrected chi connectivity index (χ1v) is 13.1. The van der Waals surface area contributed by atoms with E-state index in [2.05, 4.69) is 41.9 Å². The Labute approximate surface area is 200 Å². The van der Waals surface area contributed by atoms with Crippen LogP contribution in [0.1, 0.15) is 31.4 Å². The maximum absolute atomic E-state index is 12.5. The van der Waals surface area contributed by atoms with Crippen molar-refractivity contribution < 1.29 is 13.2 Å². The van der Waals surface area contributed by atoms with Gasteiger partial charge in [0.1, 0.15) is 5.82 Å². The number of imidazole rings is 1. The lowest BCUT2D eigenvalue weighted by Gasteiger charge is -2.10. The van der Waals surface area contributed by atoms with Crippen LogP contribution in [0.5, 0.6) is 0 Å². The van der Waals surface area contributed by atoms with E-state index in [0.717, 1.165) is 41.0 Å². The summed E-state index contributed by atoms with van der Waals surface area (Å²) in [6.07, 6.45) is 1.17. The number of hydrogen-bond acceptors (Lipinski definition) is 4. The van der Waals surface area contributed by atoms with Gasteiger partial charge in [-0.3, -0.25) is 4.79 Å². The van der Waals surface area contributed by atoms with E-state index in [9.17, 15) is 13.2 Å². The van der Waals surface area contributed by atoms with Gasteiger partial charge in [0, 0.05) is 17.8 Å². The van der Waals surface area contributed by atoms with E-state index in [4.69, 9.17) is 4.98 Å². The van der Waals surface area contributed by atoms with Crippen LogP contribution in [0.15, 0.2) is 71.6 Å². The van der Waals surface area contributed by atoms with Crippen molar-refractivity contribution in [3.8, 4) is 11.4 Å². The summed E-state index contributed by atoms with van der Waals surface area (Å²) in [7, 11) is -3.24. The van der Waals surface area contributed by atoms with Crippen LogP contribution in [0.25, 0.3) is 22.4 Å². The molecule has 0 aliphatic rings. The number of aromatic nitrogens is 2. The van der Waals surface area contributed by atoms with Crippen LogP contribution >= 0.6 is 0 Å². The molecule has 176 valence electrons. The lowest BCUT2D eigenvalue weighted by molar-refractivity contribution is -0.115. The molecule has 7 heteroatoms. The molecule has 0 atom stereocenters. The minimum Gasteiger partial charge on any atom is -0.326 e. The Hall–Kier alpha value is -3.45. The highest BCUT2D eigenvalue weighted by Crippen LogP contribution is 2.27. The number of hydrogen-bond donors (Lipinski definition) is 1. The zero-order valence-corrected chi connectivity index (χ0v) is 20.5. The first-order valence-electron chi connectivity index (χ1n) is 11.5. The Kier molecular flexibility index (Phi) is 6.84. The Balaban J connectivity index is 1.48. The molecule has 34 heavy (non-hydrogen) atoms. The highest BCUT2D eigenvalue weighted by Gasteiger charge is 2.14. The van der Waals surface area contributed by atoms with E-state index in [0.29, 0.717) is 5.69 Å². The summed E-state index contributed by atoms with van der Waals surface area (Å²) in [5.74, 6) is 0.812. The molecule has 4 aromatic rings. The van der Waals surface area contributed by atoms with Crippen molar-refractivity contribution in [2.45, 2.75) is 45.1 Å². The second kappa shape index (κ2) is 9.81. The van der Waals surface area contributed by atoms with E-state index in [1.54, 1.807) is 31.2 Å². The topological polar surface area (TPSA) is 81.1 Å². The molecular formula is C27H29N3O3S. The molecule has 6 nitrogen and oxygen atoms in total. The van der Waals surface area contributed by atoms with Crippen LogP contribution in [-0.4, -0.2) is 29.6 Å². The van der Waals surface area contributed by atoms with Gasteiger partial charge in [-0.1, -0.05) is 32.0 Å². The number of sulfone groups is 1. The summed E-state index contributed by atoms with van der Waals surface area (Å²) in [5, 5.41) is 2.91. The molecule has 3 aromatic carbocycles. The van der Waals surface area contributed by atoms with Gasteiger partial charge in [0.05, 0.1) is 28.1 Å². The normalized spacial score (nSPS) is 11.6. The minimum absolute atomic E-state index is 0.0528. The number of nitrogens with one attached hydrogen (secondary N) is 1. The molecule has 0 radical (unpaired) electrons. The van der Waals surface area contributed by atoms with E-state index in [1.165, 1.54) is 5.56 Å². The van der Waals surface area contributed by atoms with Crippen LogP contribution in [0.3, 0.4) is 0 Å². The third-order valence-corrected chi connectivity index (χ3v) is 7.56. The standard InChI is InChI=1S/C27H29N3O3S/c1-4-16-30-25-17-19(3)6-15-24(25)29-27(30)21-9-11-22(12-10-21)28-26(31)18-20-7-13-23(14-8-20)34(32,33)5-2/h6-15,17H,4-5,16,18H2,1-3H3,(H,28,31). The lowest BCUT2D eigenvalue weighted by Crippen LogP contribution is -2.14. The van der Waals surface area contributed by atoms with Crippen LogP contribution in [0, 0.1) is 6.92 Å². The van der Waals surface area contributed by atoms with Crippen molar-refractivity contribution >= 4 is 32.5 Å². The van der Waals surface area contributed by atoms with Crippen LogP contribution in [0.4, 0.5) is 5.69 Å². The molecular weight excluding hydrogens is 446 g/mol. The molecule has 1 amide bonds. The van der Waals surface area contributed by atoms with Gasteiger partial charge < -0.3 is 9.88 Å². The first kappa shape index (κ1) is 23.7. The number of carbonyl (C=O) groups excluding carboxylic acids is 1. The predicted octanol–water partition coefficient (Wildman–Crippen LogP) is 5.40. The van der Waals surface area contributed by atoms with Crippen LogP contribution in [0.2, 0.25) is 0 Å². The van der Waals surface area contributed by atoms with E-state index < -0.39 is 9.84 Å². The third-order valence-electron chi connectivity index (χ3n) is 5.80. The second-order valence-electron chi connectivity index (χ2n) is 8.43. The average molecular weight is 476 g/mol. The molecule has 1 heterocycles. The molecule has 0 bridgehead atoms. The molecule has 0 spiro atoms. The van der Waals surface area contributed by atoms with Gasteiger partial charge >= 0.3 is 0 Å². The summed E-state index contributed by atoms with van der Waals surface area (Å²) < 4.78 is 26.1. The molecule has 1 N–H and O–H groups in total. The lowest BCUT2D eigenvalue weighted by atomic mass is 10.1. The molecule has 1 aromatic heterocycles. The largest absolute Gasteiger partial charge is 0.326 e. The van der Waals surface area contributed by atoms with Crippen molar-refractivity contribution in [2.75, 3.05) is 11.1 Å². The SMILES string of the molecule is CCCn1c(-c2ccc(NC(=O)Cc3ccc(S(=O)(=O)CC)cc3)cc2)nc2ccc(C)cc21. The summed E-state index contributed by atoms with van der Waals surface area (Å²) in [6.45, 7) is 6.73. The van der Waals surface area contributed by atoms with E-state index in [1.807, 2.05) is 24.3 Å². The Morgan fingerprint density at radius 3 is 2.32 bits per heavy atom. The van der Waals surface area contributed by atoms with Gasteiger partial charge in [-0.15, -0.1) is 0 Å². The molecule has 0 fully saturated rings. The summed E-state index contributed by atoms with van der Waals surface area (Å²) in [4.78, 5) is 17.6. The predicted molar refractivity (Wildman–Crippen MR) is 137 cm³/mol. The van der Waals surface area contributed by atoms with Crippen LogP contribution < -0.4 is 5.32 Å². The fourth-order valence-corrected chi connectivity index (χ4v) is 4.86. The maximum atomic E-state index is 12.5. The van der Waals surface area contributed by atoms with Crippen molar-refractivity contribution in [2.24, 2.45) is 0 Å². The minimum atomic E-state index is -3.24. The number of benzene rings is 3. The monoisotopic (exact) mass is 475 g/mol. The third kappa shape index (κ3) is 5.04. The van der Waals surface area contributed by atoms with Gasteiger partial charge in [0.15, 0.2) is 9.84 Å². The average Bonchev–Trinajstić information content (AvgIpc) is 3.17. The highest BCUT2D eigenvalue weighted by atomic mass is 32.2. The van der Waals surface area contributed by atoms with Crippen molar-refractivity contribution in [1.29, 1.82) is 0 Å². The number of anilines is 1. The van der Waals surface area contributed by atoms with Crippen molar-refractivity contribution in [3.05, 3.63) is 77.9 Å². The zero-order chi connectivity index (χ0) is 24.3. The zero-order valence-electron chi connectivity index (χ0n) is 19.7. The van der Waals surface area contributed by atoms with E-state index in [-0.39, 0.29) is 23.0 Å². The Morgan fingerprint density at radius 2 is 1.68 bits per heavy atom. The van der Waals surface area contributed by atoms with Crippen LogP contribution in [-0.2, 0) is 27.6 Å². The summed E-state index contributed by atoms with van der Waals surface area (Å²) in [6, 6.07) is 20.5. The number of aryl methyl sites for hydroxylation is 2.